The molecule has 0 radical (unpaired) electrons. The monoisotopic (exact) mass is 311 g/mol. The molecule has 2 N–H and O–H groups in total. The van der Waals surface area contributed by atoms with E-state index < -0.39 is 11.4 Å². The third-order valence-electron chi connectivity index (χ3n) is 4.05. The molecule has 0 saturated heterocycles. The molecule has 98 valence electrons. The van der Waals surface area contributed by atoms with Gasteiger partial charge in [0.05, 0.1) is 5.41 Å². The molecule has 0 unspecified atom stereocenters. The van der Waals surface area contributed by atoms with Gasteiger partial charge in [0.1, 0.15) is 0 Å². The SMILES string of the molecule is CNC1CCC(C(=O)O)(c2ccc(Br)cc2)CC1. The fourth-order valence-electron chi connectivity index (χ4n) is 2.79. The Morgan fingerprint density at radius 2 is 1.89 bits per heavy atom. The summed E-state index contributed by atoms with van der Waals surface area (Å²) in [6.45, 7) is 0. The maximum absolute atomic E-state index is 11.7. The molecular weight excluding hydrogens is 294 g/mol. The smallest absolute Gasteiger partial charge is 0.314 e. The number of hydrogen-bond acceptors (Lipinski definition) is 2. The van der Waals surface area contributed by atoms with Gasteiger partial charge in [-0.15, -0.1) is 0 Å². The Labute approximate surface area is 116 Å². The van der Waals surface area contributed by atoms with Crippen LogP contribution in [0.1, 0.15) is 31.2 Å². The van der Waals surface area contributed by atoms with Crippen molar-refractivity contribution in [1.29, 1.82) is 0 Å². The molecule has 2 rings (SSSR count). The molecule has 1 fully saturated rings. The maximum Gasteiger partial charge on any atom is 0.314 e. The fraction of sp³-hybridized carbons (Fsp3) is 0.500. The summed E-state index contributed by atoms with van der Waals surface area (Å²) < 4.78 is 0.982. The van der Waals surface area contributed by atoms with Crippen LogP contribution in [0.15, 0.2) is 28.7 Å². The number of carbonyl (C=O) groups is 1. The molecule has 0 aromatic heterocycles. The second-order valence-electron chi connectivity index (χ2n) is 4.96. The van der Waals surface area contributed by atoms with Gasteiger partial charge in [0.15, 0.2) is 0 Å². The van der Waals surface area contributed by atoms with Crippen LogP contribution in [-0.2, 0) is 10.2 Å². The first-order valence-corrected chi connectivity index (χ1v) is 7.04. The Bertz CT molecular complexity index is 422. The van der Waals surface area contributed by atoms with E-state index >= 15 is 0 Å². The van der Waals surface area contributed by atoms with Crippen LogP contribution in [-0.4, -0.2) is 24.2 Å². The number of halogens is 1. The van der Waals surface area contributed by atoms with Crippen molar-refractivity contribution in [3.8, 4) is 0 Å². The minimum Gasteiger partial charge on any atom is -0.481 e. The molecule has 0 heterocycles. The van der Waals surface area contributed by atoms with E-state index in [4.69, 9.17) is 0 Å². The van der Waals surface area contributed by atoms with Gasteiger partial charge in [-0.2, -0.15) is 0 Å². The van der Waals surface area contributed by atoms with Gasteiger partial charge in [0.25, 0.3) is 0 Å². The van der Waals surface area contributed by atoms with Crippen LogP contribution < -0.4 is 5.32 Å². The second-order valence-corrected chi connectivity index (χ2v) is 5.87. The number of aliphatic carboxylic acids is 1. The van der Waals surface area contributed by atoms with E-state index in [2.05, 4.69) is 21.2 Å². The Morgan fingerprint density at radius 1 is 1.33 bits per heavy atom. The number of rotatable bonds is 3. The van der Waals surface area contributed by atoms with Gasteiger partial charge < -0.3 is 10.4 Å². The largest absolute Gasteiger partial charge is 0.481 e. The summed E-state index contributed by atoms with van der Waals surface area (Å²) in [5, 5.41) is 12.9. The summed E-state index contributed by atoms with van der Waals surface area (Å²) in [4.78, 5) is 11.7. The van der Waals surface area contributed by atoms with Crippen LogP contribution in [0.25, 0.3) is 0 Å². The van der Waals surface area contributed by atoms with Gasteiger partial charge in [-0.25, -0.2) is 0 Å². The highest BCUT2D eigenvalue weighted by molar-refractivity contribution is 9.10. The summed E-state index contributed by atoms with van der Waals surface area (Å²) in [5.41, 5.74) is 0.223. The summed E-state index contributed by atoms with van der Waals surface area (Å²) in [7, 11) is 1.94. The normalized spacial score (nSPS) is 28.0. The zero-order valence-electron chi connectivity index (χ0n) is 10.4. The third-order valence-corrected chi connectivity index (χ3v) is 4.58. The lowest BCUT2D eigenvalue weighted by molar-refractivity contribution is -0.145. The zero-order chi connectivity index (χ0) is 13.2. The Hall–Kier alpha value is -0.870. The Balaban J connectivity index is 2.28. The topological polar surface area (TPSA) is 49.3 Å². The number of hydrogen-bond donors (Lipinski definition) is 2. The second kappa shape index (κ2) is 5.41. The molecule has 1 aliphatic carbocycles. The third kappa shape index (κ3) is 2.45. The van der Waals surface area contributed by atoms with E-state index in [-0.39, 0.29) is 0 Å². The minimum atomic E-state index is -0.700. The lowest BCUT2D eigenvalue weighted by Crippen LogP contribution is -2.43. The van der Waals surface area contributed by atoms with Crippen molar-refractivity contribution in [2.45, 2.75) is 37.1 Å². The van der Waals surface area contributed by atoms with Gasteiger partial charge in [-0.3, -0.25) is 4.79 Å². The molecule has 1 aliphatic rings. The van der Waals surface area contributed by atoms with E-state index in [9.17, 15) is 9.90 Å². The molecule has 18 heavy (non-hydrogen) atoms. The summed E-state index contributed by atoms with van der Waals surface area (Å²) in [5.74, 6) is -0.695. The van der Waals surface area contributed by atoms with E-state index in [1.54, 1.807) is 0 Å². The van der Waals surface area contributed by atoms with Gasteiger partial charge >= 0.3 is 5.97 Å². The van der Waals surface area contributed by atoms with Crippen molar-refractivity contribution in [1.82, 2.24) is 5.32 Å². The van der Waals surface area contributed by atoms with E-state index in [1.165, 1.54) is 0 Å². The number of carboxylic acid groups (broad SMARTS) is 1. The van der Waals surface area contributed by atoms with Gasteiger partial charge in [-0.05, 0) is 50.4 Å². The predicted molar refractivity (Wildman–Crippen MR) is 74.8 cm³/mol. The van der Waals surface area contributed by atoms with E-state index in [0.29, 0.717) is 18.9 Å². The molecular formula is C14H18BrNO2. The molecule has 1 aromatic rings. The molecule has 1 aromatic carbocycles. The first-order valence-electron chi connectivity index (χ1n) is 6.25. The quantitative estimate of drug-likeness (QED) is 0.902. The first kappa shape index (κ1) is 13.6. The molecule has 0 amide bonds. The zero-order valence-corrected chi connectivity index (χ0v) is 12.0. The van der Waals surface area contributed by atoms with Crippen molar-refractivity contribution in [3.63, 3.8) is 0 Å². The lowest BCUT2D eigenvalue weighted by atomic mass is 9.68. The number of carboxylic acids is 1. The van der Waals surface area contributed by atoms with Crippen molar-refractivity contribution in [2.75, 3.05) is 7.05 Å². The molecule has 3 nitrogen and oxygen atoms in total. The summed E-state index contributed by atoms with van der Waals surface area (Å²) in [6, 6.07) is 8.15. The maximum atomic E-state index is 11.7. The Kier molecular flexibility index (Phi) is 4.07. The average molecular weight is 312 g/mol. The first-order chi connectivity index (χ1) is 8.58. The predicted octanol–water partition coefficient (Wildman–Crippen LogP) is 2.93. The number of nitrogens with one attached hydrogen (secondary N) is 1. The molecule has 1 saturated carbocycles. The van der Waals surface area contributed by atoms with Crippen LogP contribution in [0.3, 0.4) is 0 Å². The van der Waals surface area contributed by atoms with Crippen molar-refractivity contribution in [3.05, 3.63) is 34.3 Å². The van der Waals surface area contributed by atoms with Crippen LogP contribution >= 0.6 is 15.9 Å². The van der Waals surface area contributed by atoms with E-state index in [1.807, 2.05) is 31.3 Å². The fourth-order valence-corrected chi connectivity index (χ4v) is 3.06. The van der Waals surface area contributed by atoms with Crippen molar-refractivity contribution < 1.29 is 9.90 Å². The summed E-state index contributed by atoms with van der Waals surface area (Å²) >= 11 is 3.39. The lowest BCUT2D eigenvalue weighted by Gasteiger charge is -2.37. The van der Waals surface area contributed by atoms with Crippen LogP contribution in [0.5, 0.6) is 0 Å². The average Bonchev–Trinajstić information content (AvgIpc) is 2.39. The van der Waals surface area contributed by atoms with Crippen LogP contribution in [0.2, 0.25) is 0 Å². The molecule has 0 atom stereocenters. The summed E-state index contributed by atoms with van der Waals surface area (Å²) in [6.07, 6.45) is 3.24. The van der Waals surface area contributed by atoms with Gasteiger partial charge in [0, 0.05) is 10.5 Å². The minimum absolute atomic E-state index is 0.452. The van der Waals surface area contributed by atoms with Gasteiger partial charge in [0.2, 0.25) is 0 Å². The van der Waals surface area contributed by atoms with Crippen LogP contribution in [0, 0.1) is 0 Å². The van der Waals surface area contributed by atoms with E-state index in [0.717, 1.165) is 22.9 Å². The highest BCUT2D eigenvalue weighted by atomic mass is 79.9. The molecule has 0 spiro atoms. The van der Waals surface area contributed by atoms with Crippen LogP contribution in [0.4, 0.5) is 0 Å². The molecule has 0 bridgehead atoms. The van der Waals surface area contributed by atoms with Crippen molar-refractivity contribution >= 4 is 21.9 Å². The highest BCUT2D eigenvalue weighted by Gasteiger charge is 2.43. The van der Waals surface area contributed by atoms with Crippen molar-refractivity contribution in [2.24, 2.45) is 0 Å². The van der Waals surface area contributed by atoms with Gasteiger partial charge in [-0.1, -0.05) is 28.1 Å². The molecule has 4 heteroatoms. The molecule has 0 aliphatic heterocycles. The Morgan fingerprint density at radius 3 is 2.33 bits per heavy atom. The standard InChI is InChI=1S/C14H18BrNO2/c1-16-12-6-8-14(9-7-12,13(17)18)10-2-4-11(15)5-3-10/h2-5,12,16H,6-9H2,1H3,(H,17,18). The highest BCUT2D eigenvalue weighted by Crippen LogP contribution is 2.40. The number of benzene rings is 1.